The summed E-state index contributed by atoms with van der Waals surface area (Å²) in [4.78, 5) is 2.55. The van der Waals surface area contributed by atoms with Crippen molar-refractivity contribution >= 4 is 0 Å². The zero-order chi connectivity index (χ0) is 15.1. The van der Waals surface area contributed by atoms with Gasteiger partial charge in [0.25, 0.3) is 0 Å². The van der Waals surface area contributed by atoms with Gasteiger partial charge in [0.15, 0.2) is 0 Å². The molecule has 2 heteroatoms. The van der Waals surface area contributed by atoms with E-state index in [1.165, 1.54) is 11.1 Å². The summed E-state index contributed by atoms with van der Waals surface area (Å²) in [6.45, 7) is 14.2. The lowest BCUT2D eigenvalue weighted by Crippen LogP contribution is -2.38. The van der Waals surface area contributed by atoms with Crippen LogP contribution in [0.15, 0.2) is 24.3 Å². The summed E-state index contributed by atoms with van der Waals surface area (Å²) in [6, 6.07) is 9.32. The molecule has 1 atom stereocenters. The normalized spacial score (nSPS) is 13.4. The fourth-order valence-corrected chi connectivity index (χ4v) is 2.74. The van der Waals surface area contributed by atoms with Gasteiger partial charge in [-0.15, -0.1) is 0 Å². The van der Waals surface area contributed by atoms with Crippen molar-refractivity contribution < 1.29 is 0 Å². The summed E-state index contributed by atoms with van der Waals surface area (Å²) >= 11 is 0. The Morgan fingerprint density at radius 3 is 1.80 bits per heavy atom. The van der Waals surface area contributed by atoms with Crippen LogP contribution in [0.3, 0.4) is 0 Å². The SMILES string of the molecule is CCc1ccc(C(CN)N(CC(C)C)CC(C)C)cc1. The van der Waals surface area contributed by atoms with Crippen molar-refractivity contribution in [2.24, 2.45) is 17.6 Å². The second-order valence-corrected chi connectivity index (χ2v) is 6.59. The van der Waals surface area contributed by atoms with E-state index in [1.54, 1.807) is 0 Å². The highest BCUT2D eigenvalue weighted by Crippen LogP contribution is 2.22. The third kappa shape index (κ3) is 5.26. The Bertz CT molecular complexity index is 358. The summed E-state index contributed by atoms with van der Waals surface area (Å²) in [5.74, 6) is 1.33. The Labute approximate surface area is 125 Å². The highest BCUT2D eigenvalue weighted by atomic mass is 15.2. The van der Waals surface area contributed by atoms with Crippen molar-refractivity contribution in [3.05, 3.63) is 35.4 Å². The predicted octanol–water partition coefficient (Wildman–Crippen LogP) is 3.86. The van der Waals surface area contributed by atoms with E-state index in [-0.39, 0.29) is 0 Å². The minimum Gasteiger partial charge on any atom is -0.329 e. The molecular formula is C18H32N2. The molecule has 0 fully saturated rings. The molecule has 1 aromatic rings. The van der Waals surface area contributed by atoms with Gasteiger partial charge < -0.3 is 5.73 Å². The van der Waals surface area contributed by atoms with Crippen LogP contribution in [0.25, 0.3) is 0 Å². The predicted molar refractivity (Wildman–Crippen MR) is 88.9 cm³/mol. The second kappa shape index (κ2) is 8.43. The lowest BCUT2D eigenvalue weighted by molar-refractivity contribution is 0.160. The minimum absolute atomic E-state index is 0.339. The van der Waals surface area contributed by atoms with Crippen molar-refractivity contribution in [2.75, 3.05) is 19.6 Å². The third-order valence-corrected chi connectivity index (χ3v) is 3.64. The van der Waals surface area contributed by atoms with Crippen molar-refractivity contribution in [1.29, 1.82) is 0 Å². The molecule has 0 amide bonds. The first-order valence-corrected chi connectivity index (χ1v) is 8.00. The average Bonchev–Trinajstić information content (AvgIpc) is 2.39. The van der Waals surface area contributed by atoms with E-state index in [1.807, 2.05) is 0 Å². The summed E-state index contributed by atoms with van der Waals surface area (Å²) in [6.07, 6.45) is 1.09. The van der Waals surface area contributed by atoms with E-state index in [0.717, 1.165) is 19.5 Å². The van der Waals surface area contributed by atoms with Crippen molar-refractivity contribution in [1.82, 2.24) is 4.90 Å². The lowest BCUT2D eigenvalue weighted by atomic mass is 10.00. The van der Waals surface area contributed by atoms with Crippen LogP contribution in [0.4, 0.5) is 0 Å². The van der Waals surface area contributed by atoms with Crippen LogP contribution in [0.2, 0.25) is 0 Å². The number of nitrogens with two attached hydrogens (primary N) is 1. The molecule has 0 spiro atoms. The van der Waals surface area contributed by atoms with Gasteiger partial charge in [0.1, 0.15) is 0 Å². The summed E-state index contributed by atoms with van der Waals surface area (Å²) in [5.41, 5.74) is 8.83. The molecule has 0 heterocycles. The fraction of sp³-hybridized carbons (Fsp3) is 0.667. The molecule has 0 radical (unpaired) electrons. The van der Waals surface area contributed by atoms with Gasteiger partial charge >= 0.3 is 0 Å². The fourth-order valence-electron chi connectivity index (χ4n) is 2.74. The number of nitrogens with zero attached hydrogens (tertiary/aromatic N) is 1. The van der Waals surface area contributed by atoms with Crippen LogP contribution in [0.1, 0.15) is 51.8 Å². The zero-order valence-corrected chi connectivity index (χ0v) is 13.9. The molecule has 1 rings (SSSR count). The molecule has 0 saturated heterocycles. The number of aryl methyl sites for hydroxylation is 1. The first-order valence-electron chi connectivity index (χ1n) is 8.00. The molecule has 2 N–H and O–H groups in total. The number of rotatable bonds is 8. The smallest absolute Gasteiger partial charge is 0.0470 e. The van der Waals surface area contributed by atoms with Crippen molar-refractivity contribution in [3.8, 4) is 0 Å². The maximum Gasteiger partial charge on any atom is 0.0470 e. The molecule has 1 unspecified atom stereocenters. The van der Waals surface area contributed by atoms with Crippen LogP contribution >= 0.6 is 0 Å². The summed E-state index contributed by atoms with van der Waals surface area (Å²) < 4.78 is 0. The molecule has 114 valence electrons. The monoisotopic (exact) mass is 276 g/mol. The maximum atomic E-state index is 6.09. The van der Waals surface area contributed by atoms with E-state index in [9.17, 15) is 0 Å². The van der Waals surface area contributed by atoms with Gasteiger partial charge in [0, 0.05) is 25.7 Å². The van der Waals surface area contributed by atoms with Crippen LogP contribution in [0.5, 0.6) is 0 Å². The molecule has 0 saturated carbocycles. The first-order chi connectivity index (χ1) is 9.47. The Kier molecular flexibility index (Phi) is 7.25. The van der Waals surface area contributed by atoms with E-state index < -0.39 is 0 Å². The number of hydrogen-bond acceptors (Lipinski definition) is 2. The van der Waals surface area contributed by atoms with Gasteiger partial charge in [0.2, 0.25) is 0 Å². The van der Waals surface area contributed by atoms with Gasteiger partial charge in [-0.2, -0.15) is 0 Å². The average molecular weight is 276 g/mol. The first kappa shape index (κ1) is 17.2. The van der Waals surface area contributed by atoms with Crippen molar-refractivity contribution in [3.63, 3.8) is 0 Å². The second-order valence-electron chi connectivity index (χ2n) is 6.59. The maximum absolute atomic E-state index is 6.09. The van der Waals surface area contributed by atoms with Crippen LogP contribution in [0, 0.1) is 11.8 Å². The zero-order valence-electron chi connectivity index (χ0n) is 13.9. The molecular weight excluding hydrogens is 244 g/mol. The van der Waals surface area contributed by atoms with Crippen LogP contribution in [-0.2, 0) is 6.42 Å². The van der Waals surface area contributed by atoms with Gasteiger partial charge in [-0.3, -0.25) is 4.90 Å². The van der Waals surface area contributed by atoms with E-state index >= 15 is 0 Å². The minimum atomic E-state index is 0.339. The molecule has 0 aliphatic heterocycles. The lowest BCUT2D eigenvalue weighted by Gasteiger charge is -2.34. The highest BCUT2D eigenvalue weighted by Gasteiger charge is 2.20. The Hall–Kier alpha value is -0.860. The molecule has 0 aliphatic rings. The van der Waals surface area contributed by atoms with Gasteiger partial charge in [-0.25, -0.2) is 0 Å². The number of hydrogen-bond donors (Lipinski definition) is 1. The van der Waals surface area contributed by atoms with Crippen LogP contribution < -0.4 is 5.73 Å². The molecule has 20 heavy (non-hydrogen) atoms. The van der Waals surface area contributed by atoms with Gasteiger partial charge in [0.05, 0.1) is 0 Å². The standard InChI is InChI=1S/C18H32N2/c1-6-16-7-9-17(10-8-16)18(11-19)20(12-14(2)3)13-15(4)5/h7-10,14-15,18H,6,11-13,19H2,1-5H3. The Morgan fingerprint density at radius 1 is 0.950 bits per heavy atom. The Morgan fingerprint density at radius 2 is 1.45 bits per heavy atom. The molecule has 0 aromatic heterocycles. The molecule has 0 aliphatic carbocycles. The topological polar surface area (TPSA) is 29.3 Å². The van der Waals surface area contributed by atoms with Gasteiger partial charge in [-0.05, 0) is 29.4 Å². The Balaban J connectivity index is 2.91. The van der Waals surface area contributed by atoms with Crippen LogP contribution in [-0.4, -0.2) is 24.5 Å². The molecule has 2 nitrogen and oxygen atoms in total. The quantitative estimate of drug-likeness (QED) is 0.781. The van der Waals surface area contributed by atoms with E-state index in [0.29, 0.717) is 24.4 Å². The van der Waals surface area contributed by atoms with Gasteiger partial charge in [-0.1, -0.05) is 58.9 Å². The molecule has 1 aromatic carbocycles. The number of benzene rings is 1. The van der Waals surface area contributed by atoms with E-state index in [4.69, 9.17) is 5.73 Å². The highest BCUT2D eigenvalue weighted by molar-refractivity contribution is 5.25. The largest absolute Gasteiger partial charge is 0.329 e. The van der Waals surface area contributed by atoms with Crippen molar-refractivity contribution in [2.45, 2.75) is 47.1 Å². The summed E-state index contributed by atoms with van der Waals surface area (Å²) in [5, 5.41) is 0. The third-order valence-electron chi connectivity index (χ3n) is 3.64. The van der Waals surface area contributed by atoms with E-state index in [2.05, 4.69) is 63.8 Å². The molecule has 0 bridgehead atoms. The summed E-state index contributed by atoms with van der Waals surface area (Å²) in [7, 11) is 0.